The molecule has 5 heteroatoms. The van der Waals surface area contributed by atoms with E-state index in [4.69, 9.17) is 12.2 Å². The van der Waals surface area contributed by atoms with Crippen molar-refractivity contribution in [1.29, 1.82) is 0 Å². The summed E-state index contributed by atoms with van der Waals surface area (Å²) in [5.74, 6) is 0.768. The second-order valence-corrected chi connectivity index (χ2v) is 5.62. The highest BCUT2D eigenvalue weighted by Gasteiger charge is 2.01. The van der Waals surface area contributed by atoms with Crippen LogP contribution >= 0.6 is 12.2 Å². The molecule has 0 aliphatic rings. The number of aryl methyl sites for hydroxylation is 1. The second-order valence-electron chi connectivity index (χ2n) is 5.21. The van der Waals surface area contributed by atoms with Crippen LogP contribution in [0.3, 0.4) is 0 Å². The molecule has 0 aliphatic heterocycles. The van der Waals surface area contributed by atoms with E-state index in [9.17, 15) is 0 Å². The first-order chi connectivity index (χ1) is 10.6. The van der Waals surface area contributed by atoms with Crippen molar-refractivity contribution in [3.63, 3.8) is 0 Å². The van der Waals surface area contributed by atoms with Gasteiger partial charge in [-0.15, -0.1) is 0 Å². The van der Waals surface area contributed by atoms with Crippen LogP contribution in [0.4, 0.5) is 11.5 Å². The van der Waals surface area contributed by atoms with Gasteiger partial charge in [-0.2, -0.15) is 0 Å². The van der Waals surface area contributed by atoms with Gasteiger partial charge in [0, 0.05) is 32.0 Å². The molecule has 0 fully saturated rings. The predicted octanol–water partition coefficient (Wildman–Crippen LogP) is 3.20. The fourth-order valence-electron chi connectivity index (χ4n) is 2.03. The maximum absolute atomic E-state index is 5.27. The number of aromatic nitrogens is 1. The number of para-hydroxylation sites is 1. The molecule has 116 valence electrons. The number of rotatable bonds is 6. The highest BCUT2D eigenvalue weighted by molar-refractivity contribution is 7.80. The Hall–Kier alpha value is -2.14. The molecule has 2 rings (SSSR count). The molecule has 0 saturated carbocycles. The Morgan fingerprint density at radius 3 is 2.64 bits per heavy atom. The van der Waals surface area contributed by atoms with Crippen LogP contribution in [0.25, 0.3) is 0 Å². The lowest BCUT2D eigenvalue weighted by molar-refractivity contribution is 0.755. The van der Waals surface area contributed by atoms with Crippen LogP contribution in [-0.4, -0.2) is 30.2 Å². The molecule has 0 amide bonds. The fourth-order valence-corrected chi connectivity index (χ4v) is 2.24. The zero-order valence-corrected chi connectivity index (χ0v) is 13.9. The van der Waals surface area contributed by atoms with Crippen molar-refractivity contribution in [3.05, 3.63) is 54.2 Å². The average Bonchev–Trinajstić information content (AvgIpc) is 2.54. The monoisotopic (exact) mass is 314 g/mol. The highest BCUT2D eigenvalue weighted by atomic mass is 32.1. The quantitative estimate of drug-likeness (QED) is 0.633. The van der Waals surface area contributed by atoms with E-state index >= 15 is 0 Å². The number of pyridine rings is 1. The van der Waals surface area contributed by atoms with Crippen molar-refractivity contribution in [1.82, 2.24) is 10.3 Å². The molecule has 22 heavy (non-hydrogen) atoms. The maximum Gasteiger partial charge on any atom is 0.171 e. The molecule has 0 aliphatic carbocycles. The van der Waals surface area contributed by atoms with E-state index in [-0.39, 0.29) is 0 Å². The number of hydrogen-bond donors (Lipinski definition) is 2. The summed E-state index contributed by atoms with van der Waals surface area (Å²) in [6, 6.07) is 14.3. The molecule has 0 atom stereocenters. The van der Waals surface area contributed by atoms with Crippen LogP contribution in [0, 0.1) is 6.92 Å². The molecule has 0 spiro atoms. The van der Waals surface area contributed by atoms with Crippen LogP contribution in [0.1, 0.15) is 12.0 Å². The smallest absolute Gasteiger partial charge is 0.171 e. The van der Waals surface area contributed by atoms with Crippen LogP contribution in [0.15, 0.2) is 48.7 Å². The summed E-state index contributed by atoms with van der Waals surface area (Å²) in [7, 11) is 2.10. The van der Waals surface area contributed by atoms with Gasteiger partial charge in [0.05, 0.1) is 0 Å². The lowest BCUT2D eigenvalue weighted by atomic mass is 10.3. The van der Waals surface area contributed by atoms with Crippen molar-refractivity contribution in [2.45, 2.75) is 13.3 Å². The van der Waals surface area contributed by atoms with Gasteiger partial charge >= 0.3 is 0 Å². The van der Waals surface area contributed by atoms with Gasteiger partial charge in [-0.25, -0.2) is 4.98 Å². The summed E-state index contributed by atoms with van der Waals surface area (Å²) in [4.78, 5) is 6.50. The maximum atomic E-state index is 5.27. The minimum Gasteiger partial charge on any atom is -0.375 e. The third kappa shape index (κ3) is 5.33. The summed E-state index contributed by atoms with van der Waals surface area (Å²) in [5.41, 5.74) is 2.36. The van der Waals surface area contributed by atoms with Gasteiger partial charge in [0.2, 0.25) is 0 Å². The zero-order valence-electron chi connectivity index (χ0n) is 13.0. The van der Waals surface area contributed by atoms with Crippen LogP contribution in [-0.2, 0) is 0 Å². The van der Waals surface area contributed by atoms with Gasteiger partial charge in [0.25, 0.3) is 0 Å². The lowest BCUT2D eigenvalue weighted by Gasteiger charge is -2.19. The molecule has 0 radical (unpaired) electrons. The molecular formula is C17H22N4S. The molecule has 1 aromatic heterocycles. The second kappa shape index (κ2) is 8.34. The van der Waals surface area contributed by atoms with Gasteiger partial charge in [-0.05, 0) is 49.3 Å². The number of thiocarbonyl (C=S) groups is 1. The minimum absolute atomic E-state index is 0.610. The van der Waals surface area contributed by atoms with Gasteiger partial charge in [-0.3, -0.25) is 0 Å². The first-order valence-electron chi connectivity index (χ1n) is 7.39. The van der Waals surface area contributed by atoms with E-state index in [1.807, 2.05) is 31.3 Å². The molecule has 1 aromatic carbocycles. The van der Waals surface area contributed by atoms with Crippen LogP contribution in [0.5, 0.6) is 0 Å². The van der Waals surface area contributed by atoms with E-state index in [1.54, 1.807) is 0 Å². The molecule has 2 N–H and O–H groups in total. The minimum atomic E-state index is 0.610. The Balaban J connectivity index is 1.66. The van der Waals surface area contributed by atoms with Crippen molar-refractivity contribution in [2.75, 3.05) is 30.4 Å². The molecule has 4 nitrogen and oxygen atoms in total. The van der Waals surface area contributed by atoms with E-state index in [1.165, 1.54) is 5.69 Å². The Morgan fingerprint density at radius 2 is 1.95 bits per heavy atom. The first kappa shape index (κ1) is 16.2. The number of benzene rings is 1. The standard InChI is InChI=1S/C17H22N4S/c1-14-9-10-16(19-13-14)20-17(22)18-11-6-12-21(2)15-7-4-3-5-8-15/h3-5,7-10,13H,6,11-12H2,1-2H3,(H2,18,19,20,22). The van der Waals surface area contributed by atoms with E-state index in [2.05, 4.69) is 51.8 Å². The zero-order chi connectivity index (χ0) is 15.8. The van der Waals surface area contributed by atoms with Crippen molar-refractivity contribution in [3.8, 4) is 0 Å². The van der Waals surface area contributed by atoms with Gasteiger partial charge in [0.15, 0.2) is 5.11 Å². The summed E-state index contributed by atoms with van der Waals surface area (Å²) >= 11 is 5.27. The van der Waals surface area contributed by atoms with E-state index in [0.29, 0.717) is 5.11 Å². The number of nitrogens with zero attached hydrogens (tertiary/aromatic N) is 2. The number of hydrogen-bond acceptors (Lipinski definition) is 3. The summed E-state index contributed by atoms with van der Waals surface area (Å²) in [6.07, 6.45) is 2.83. The Labute approximate surface area is 137 Å². The Bertz CT molecular complexity index is 583. The fraction of sp³-hybridized carbons (Fsp3) is 0.294. The predicted molar refractivity (Wildman–Crippen MR) is 97.5 cm³/mol. The Morgan fingerprint density at radius 1 is 1.18 bits per heavy atom. The van der Waals surface area contributed by atoms with E-state index < -0.39 is 0 Å². The lowest BCUT2D eigenvalue weighted by Crippen LogP contribution is -2.31. The van der Waals surface area contributed by atoms with Crippen LogP contribution in [0.2, 0.25) is 0 Å². The normalized spacial score (nSPS) is 10.1. The molecule has 0 unspecified atom stereocenters. The average molecular weight is 314 g/mol. The first-order valence-corrected chi connectivity index (χ1v) is 7.79. The van der Waals surface area contributed by atoms with Crippen LogP contribution < -0.4 is 15.5 Å². The van der Waals surface area contributed by atoms with Crippen molar-refractivity contribution in [2.24, 2.45) is 0 Å². The molecular weight excluding hydrogens is 292 g/mol. The van der Waals surface area contributed by atoms with E-state index in [0.717, 1.165) is 30.9 Å². The van der Waals surface area contributed by atoms with Gasteiger partial charge in [-0.1, -0.05) is 24.3 Å². The molecule has 0 bridgehead atoms. The summed E-state index contributed by atoms with van der Waals surface area (Å²) in [6.45, 7) is 3.81. The Kier molecular flexibility index (Phi) is 6.15. The summed E-state index contributed by atoms with van der Waals surface area (Å²) < 4.78 is 0. The third-order valence-corrected chi connectivity index (χ3v) is 3.55. The van der Waals surface area contributed by atoms with Gasteiger partial charge < -0.3 is 15.5 Å². The number of anilines is 2. The van der Waals surface area contributed by atoms with Gasteiger partial charge in [0.1, 0.15) is 5.82 Å². The third-order valence-electron chi connectivity index (χ3n) is 3.31. The highest BCUT2D eigenvalue weighted by Crippen LogP contribution is 2.10. The van der Waals surface area contributed by atoms with Crippen molar-refractivity contribution >= 4 is 28.8 Å². The SMILES string of the molecule is Cc1ccc(NC(=S)NCCCN(C)c2ccccc2)nc1. The molecule has 0 saturated heterocycles. The molecule has 2 aromatic rings. The van der Waals surface area contributed by atoms with Crippen molar-refractivity contribution < 1.29 is 0 Å². The summed E-state index contributed by atoms with van der Waals surface area (Å²) in [5, 5.41) is 6.90. The topological polar surface area (TPSA) is 40.2 Å². The molecule has 1 heterocycles. The number of nitrogens with one attached hydrogen (secondary N) is 2. The largest absolute Gasteiger partial charge is 0.375 e.